The zero-order valence-electron chi connectivity index (χ0n) is 16.5. The minimum Gasteiger partial charge on any atom is -0.486 e. The predicted molar refractivity (Wildman–Crippen MR) is 109 cm³/mol. The summed E-state index contributed by atoms with van der Waals surface area (Å²) in [6.07, 6.45) is 0. The Morgan fingerprint density at radius 2 is 1.83 bits per heavy atom. The van der Waals surface area contributed by atoms with E-state index in [4.69, 9.17) is 9.47 Å². The molecule has 0 bridgehead atoms. The van der Waals surface area contributed by atoms with Crippen molar-refractivity contribution in [1.29, 1.82) is 0 Å². The average Bonchev–Trinajstić information content (AvgIpc) is 3.01. The maximum absolute atomic E-state index is 12.6. The van der Waals surface area contributed by atoms with Crippen LogP contribution in [0.4, 0.5) is 11.4 Å². The highest BCUT2D eigenvalue weighted by Crippen LogP contribution is 2.32. The van der Waals surface area contributed by atoms with Crippen LogP contribution in [0, 0.1) is 24.0 Å². The van der Waals surface area contributed by atoms with E-state index in [1.165, 1.54) is 0 Å². The van der Waals surface area contributed by atoms with E-state index < -0.39 is 4.92 Å². The van der Waals surface area contributed by atoms with Crippen LogP contribution in [-0.2, 0) is 6.54 Å². The molecule has 1 aromatic heterocycles. The van der Waals surface area contributed by atoms with Crippen molar-refractivity contribution in [2.75, 3.05) is 18.5 Å². The zero-order valence-corrected chi connectivity index (χ0v) is 16.5. The SMILES string of the molecule is Cc1nn(Cc2ccc(C(=O)Nc3ccc4c(c3)OCCO4)cc2)c(C)c1[N+](=O)[O-]. The Hall–Kier alpha value is -3.88. The van der Waals surface area contributed by atoms with Crippen LogP contribution < -0.4 is 14.8 Å². The van der Waals surface area contributed by atoms with Crippen molar-refractivity contribution in [2.24, 2.45) is 0 Å². The highest BCUT2D eigenvalue weighted by Gasteiger charge is 2.21. The van der Waals surface area contributed by atoms with Crippen LogP contribution >= 0.6 is 0 Å². The van der Waals surface area contributed by atoms with Gasteiger partial charge in [0.1, 0.15) is 24.6 Å². The lowest BCUT2D eigenvalue weighted by Crippen LogP contribution is -2.16. The molecule has 0 spiro atoms. The molecule has 9 heteroatoms. The fourth-order valence-electron chi connectivity index (χ4n) is 3.36. The quantitative estimate of drug-likeness (QED) is 0.511. The summed E-state index contributed by atoms with van der Waals surface area (Å²) in [5.74, 6) is 1.02. The Labute approximate surface area is 172 Å². The second-order valence-electron chi connectivity index (χ2n) is 6.94. The average molecular weight is 408 g/mol. The number of hydrogen-bond donors (Lipinski definition) is 1. The maximum Gasteiger partial charge on any atom is 0.312 e. The number of hydrogen-bond acceptors (Lipinski definition) is 6. The highest BCUT2D eigenvalue weighted by atomic mass is 16.6. The summed E-state index contributed by atoms with van der Waals surface area (Å²) in [6, 6.07) is 12.3. The first-order chi connectivity index (χ1) is 14.4. The predicted octanol–water partition coefficient (Wildman–Crippen LogP) is 3.48. The van der Waals surface area contributed by atoms with Crippen LogP contribution in [0.5, 0.6) is 11.5 Å². The molecule has 0 saturated carbocycles. The van der Waals surface area contributed by atoms with Crippen molar-refractivity contribution >= 4 is 17.3 Å². The van der Waals surface area contributed by atoms with Gasteiger partial charge in [-0.1, -0.05) is 12.1 Å². The summed E-state index contributed by atoms with van der Waals surface area (Å²) in [6.45, 7) is 4.66. The van der Waals surface area contributed by atoms with Gasteiger partial charge in [-0.15, -0.1) is 0 Å². The van der Waals surface area contributed by atoms with E-state index in [1.807, 2.05) is 0 Å². The van der Waals surface area contributed by atoms with Gasteiger partial charge in [0, 0.05) is 17.3 Å². The van der Waals surface area contributed by atoms with Crippen molar-refractivity contribution < 1.29 is 19.2 Å². The lowest BCUT2D eigenvalue weighted by Gasteiger charge is -2.19. The summed E-state index contributed by atoms with van der Waals surface area (Å²) < 4.78 is 12.6. The van der Waals surface area contributed by atoms with Crippen LogP contribution in [0.1, 0.15) is 27.3 Å². The number of fused-ring (bicyclic) bond motifs is 1. The second-order valence-corrected chi connectivity index (χ2v) is 6.94. The van der Waals surface area contributed by atoms with Crippen LogP contribution in [0.15, 0.2) is 42.5 Å². The van der Waals surface area contributed by atoms with Crippen LogP contribution in [0.2, 0.25) is 0 Å². The van der Waals surface area contributed by atoms with Crippen molar-refractivity contribution in [1.82, 2.24) is 9.78 Å². The molecule has 3 aromatic rings. The fraction of sp³-hybridized carbons (Fsp3) is 0.238. The molecule has 0 unspecified atom stereocenters. The third kappa shape index (κ3) is 3.82. The number of aryl methyl sites for hydroxylation is 1. The first-order valence-corrected chi connectivity index (χ1v) is 9.40. The van der Waals surface area contributed by atoms with Crippen LogP contribution in [-0.4, -0.2) is 33.8 Å². The Kier molecular flexibility index (Phi) is 5.09. The minimum absolute atomic E-state index is 0.0328. The molecule has 0 radical (unpaired) electrons. The summed E-state index contributed by atoms with van der Waals surface area (Å²) in [4.78, 5) is 23.3. The number of nitrogens with zero attached hydrogens (tertiary/aromatic N) is 3. The summed E-state index contributed by atoms with van der Waals surface area (Å²) in [5.41, 5.74) is 2.90. The van der Waals surface area contributed by atoms with Crippen molar-refractivity contribution in [3.05, 3.63) is 75.1 Å². The summed E-state index contributed by atoms with van der Waals surface area (Å²) in [7, 11) is 0. The van der Waals surface area contributed by atoms with E-state index in [0.717, 1.165) is 5.56 Å². The van der Waals surface area contributed by atoms with E-state index >= 15 is 0 Å². The van der Waals surface area contributed by atoms with Gasteiger partial charge < -0.3 is 14.8 Å². The first-order valence-electron chi connectivity index (χ1n) is 9.40. The Balaban J connectivity index is 1.45. The number of nitrogens with one attached hydrogen (secondary N) is 1. The second kappa shape index (κ2) is 7.86. The Morgan fingerprint density at radius 1 is 1.13 bits per heavy atom. The van der Waals surface area contributed by atoms with Gasteiger partial charge in [-0.2, -0.15) is 5.10 Å². The Bertz CT molecular complexity index is 1120. The van der Waals surface area contributed by atoms with Gasteiger partial charge in [-0.05, 0) is 43.7 Å². The van der Waals surface area contributed by atoms with E-state index in [2.05, 4.69) is 10.4 Å². The molecule has 1 aliphatic rings. The van der Waals surface area contributed by atoms with E-state index in [9.17, 15) is 14.9 Å². The number of rotatable bonds is 5. The number of amides is 1. The number of carbonyl (C=O) groups excluding carboxylic acids is 1. The molecular weight excluding hydrogens is 388 g/mol. The zero-order chi connectivity index (χ0) is 21.3. The molecule has 1 amide bonds. The van der Waals surface area contributed by atoms with Gasteiger partial charge in [0.25, 0.3) is 5.91 Å². The number of aromatic nitrogens is 2. The van der Waals surface area contributed by atoms with Crippen LogP contribution in [0.3, 0.4) is 0 Å². The topological polar surface area (TPSA) is 109 Å². The number of anilines is 1. The number of nitro groups is 1. The molecular formula is C21H20N4O5. The fourth-order valence-corrected chi connectivity index (χ4v) is 3.36. The van der Waals surface area contributed by atoms with E-state index in [-0.39, 0.29) is 11.6 Å². The minimum atomic E-state index is -0.417. The Morgan fingerprint density at radius 3 is 2.50 bits per heavy atom. The van der Waals surface area contributed by atoms with Gasteiger partial charge in [0.05, 0.1) is 11.5 Å². The standard InChI is InChI=1S/C21H20N4O5/c1-13-20(25(27)28)14(2)24(23-13)12-15-3-5-16(6-4-15)21(26)22-17-7-8-18-19(11-17)30-10-9-29-18/h3-8,11H,9-10,12H2,1-2H3,(H,22,26). The molecule has 2 heterocycles. The molecule has 2 aromatic carbocycles. The molecule has 0 saturated heterocycles. The number of ether oxygens (including phenoxy) is 2. The summed E-state index contributed by atoms with van der Waals surface area (Å²) >= 11 is 0. The lowest BCUT2D eigenvalue weighted by molar-refractivity contribution is -0.386. The normalized spacial score (nSPS) is 12.5. The monoisotopic (exact) mass is 408 g/mol. The van der Waals surface area contributed by atoms with Crippen LogP contribution in [0.25, 0.3) is 0 Å². The van der Waals surface area contributed by atoms with E-state index in [1.54, 1.807) is 61.0 Å². The molecule has 1 aliphatic heterocycles. The molecule has 9 nitrogen and oxygen atoms in total. The lowest BCUT2D eigenvalue weighted by atomic mass is 10.1. The van der Waals surface area contributed by atoms with E-state index in [0.29, 0.717) is 53.9 Å². The van der Waals surface area contributed by atoms with Crippen molar-refractivity contribution in [3.8, 4) is 11.5 Å². The van der Waals surface area contributed by atoms with Gasteiger partial charge in [0.2, 0.25) is 0 Å². The largest absolute Gasteiger partial charge is 0.486 e. The third-order valence-electron chi connectivity index (χ3n) is 4.87. The first kappa shape index (κ1) is 19.4. The van der Waals surface area contributed by atoms with Gasteiger partial charge in [-0.25, -0.2) is 0 Å². The third-order valence-corrected chi connectivity index (χ3v) is 4.87. The van der Waals surface area contributed by atoms with Gasteiger partial charge >= 0.3 is 5.69 Å². The molecule has 0 aliphatic carbocycles. The molecule has 0 fully saturated rings. The molecule has 154 valence electrons. The molecule has 1 N–H and O–H groups in total. The highest BCUT2D eigenvalue weighted by molar-refractivity contribution is 6.04. The molecule has 4 rings (SSSR count). The maximum atomic E-state index is 12.6. The van der Waals surface area contributed by atoms with Gasteiger partial charge in [0.15, 0.2) is 11.5 Å². The summed E-state index contributed by atoms with van der Waals surface area (Å²) in [5, 5.41) is 18.2. The van der Waals surface area contributed by atoms with Crippen molar-refractivity contribution in [3.63, 3.8) is 0 Å². The number of benzene rings is 2. The number of carbonyl (C=O) groups is 1. The van der Waals surface area contributed by atoms with Crippen molar-refractivity contribution in [2.45, 2.75) is 20.4 Å². The smallest absolute Gasteiger partial charge is 0.312 e. The molecule has 0 atom stereocenters. The van der Waals surface area contributed by atoms with Gasteiger partial charge in [-0.3, -0.25) is 19.6 Å². The molecule has 30 heavy (non-hydrogen) atoms.